The van der Waals surface area contributed by atoms with Gasteiger partial charge in [0.05, 0.1) is 13.0 Å². The van der Waals surface area contributed by atoms with E-state index in [1.54, 1.807) is 41.3 Å². The second-order valence-corrected chi connectivity index (χ2v) is 7.84. The molecule has 6 nitrogen and oxygen atoms in total. The third-order valence-corrected chi connectivity index (χ3v) is 5.28. The van der Waals surface area contributed by atoms with Crippen LogP contribution in [0.5, 0.6) is 0 Å². The van der Waals surface area contributed by atoms with Gasteiger partial charge in [-0.2, -0.15) is 0 Å². The Morgan fingerprint density at radius 1 is 0.903 bits per heavy atom. The summed E-state index contributed by atoms with van der Waals surface area (Å²) in [5, 5.41) is 5.72. The molecule has 0 saturated carbocycles. The van der Waals surface area contributed by atoms with Crippen molar-refractivity contribution < 1.29 is 14.4 Å². The molecule has 0 aliphatic carbocycles. The van der Waals surface area contributed by atoms with Crippen molar-refractivity contribution in [1.82, 2.24) is 0 Å². The number of benzene rings is 3. The van der Waals surface area contributed by atoms with Gasteiger partial charge in [-0.3, -0.25) is 14.4 Å². The average Bonchev–Trinajstić information content (AvgIpc) is 3.05. The summed E-state index contributed by atoms with van der Waals surface area (Å²) in [5.41, 5.74) is 4.77. The molecule has 0 fully saturated rings. The van der Waals surface area contributed by atoms with Crippen molar-refractivity contribution in [2.45, 2.75) is 19.9 Å². The summed E-state index contributed by atoms with van der Waals surface area (Å²) in [6.45, 7) is 2.34. The molecule has 1 heterocycles. The zero-order chi connectivity index (χ0) is 22.0. The molecule has 0 saturated heterocycles. The number of hydrogen-bond donors (Lipinski definition) is 2. The van der Waals surface area contributed by atoms with Crippen LogP contribution in [0, 0.1) is 6.92 Å². The van der Waals surface area contributed by atoms with Crippen LogP contribution in [-0.4, -0.2) is 17.7 Å². The Kier molecular flexibility index (Phi) is 5.73. The van der Waals surface area contributed by atoms with Crippen LogP contribution in [0.25, 0.3) is 0 Å². The topological polar surface area (TPSA) is 78.5 Å². The number of aryl methyl sites for hydroxylation is 1. The number of halogens is 1. The van der Waals surface area contributed by atoms with Gasteiger partial charge in [-0.05, 0) is 54.4 Å². The van der Waals surface area contributed by atoms with Crippen LogP contribution in [0.2, 0.25) is 5.02 Å². The first-order chi connectivity index (χ1) is 14.9. The van der Waals surface area contributed by atoms with E-state index in [0.29, 0.717) is 29.4 Å². The molecule has 0 spiro atoms. The third kappa shape index (κ3) is 4.75. The molecule has 2 N–H and O–H groups in total. The number of amides is 3. The number of fused-ring (bicyclic) bond motifs is 1. The van der Waals surface area contributed by atoms with Crippen molar-refractivity contribution in [3.05, 3.63) is 88.4 Å². The molecule has 3 aromatic carbocycles. The molecule has 156 valence electrons. The lowest BCUT2D eigenvalue weighted by molar-refractivity contribution is -0.132. The van der Waals surface area contributed by atoms with Crippen molar-refractivity contribution in [2.24, 2.45) is 0 Å². The van der Waals surface area contributed by atoms with E-state index < -0.39 is 11.8 Å². The van der Waals surface area contributed by atoms with Gasteiger partial charge < -0.3 is 15.5 Å². The standard InChI is InChI=1S/C24H20ClN3O3/c1-15-2-8-19(9-3-15)26-23(30)24(31)27-20-10-4-16(5-11-20)14-28-21-13-18(25)7-6-17(21)12-22(28)29/h2-11,13H,12,14H2,1H3,(H,26,30)(H,27,31). The zero-order valence-electron chi connectivity index (χ0n) is 16.8. The normalized spacial score (nSPS) is 12.5. The highest BCUT2D eigenvalue weighted by atomic mass is 35.5. The molecule has 0 unspecified atom stereocenters. The highest BCUT2D eigenvalue weighted by molar-refractivity contribution is 6.43. The Bertz CT molecular complexity index is 1160. The first-order valence-electron chi connectivity index (χ1n) is 9.76. The van der Waals surface area contributed by atoms with Crippen LogP contribution in [0.15, 0.2) is 66.7 Å². The fourth-order valence-electron chi connectivity index (χ4n) is 3.39. The minimum absolute atomic E-state index is 0.0161. The molecule has 1 aliphatic rings. The number of anilines is 3. The summed E-state index contributed by atoms with van der Waals surface area (Å²) in [7, 11) is 0. The molecule has 4 rings (SSSR count). The largest absolute Gasteiger partial charge is 0.318 e. The Labute approximate surface area is 184 Å². The van der Waals surface area contributed by atoms with Crippen LogP contribution in [-0.2, 0) is 27.3 Å². The van der Waals surface area contributed by atoms with Crippen molar-refractivity contribution in [3.63, 3.8) is 0 Å². The fourth-order valence-corrected chi connectivity index (χ4v) is 3.56. The monoisotopic (exact) mass is 433 g/mol. The molecular weight excluding hydrogens is 414 g/mol. The van der Waals surface area contributed by atoms with Crippen LogP contribution in [0.3, 0.4) is 0 Å². The number of carbonyl (C=O) groups excluding carboxylic acids is 3. The molecule has 3 amide bonds. The van der Waals surface area contributed by atoms with Crippen LogP contribution < -0.4 is 15.5 Å². The Hall–Kier alpha value is -3.64. The lowest BCUT2D eigenvalue weighted by Gasteiger charge is -2.18. The number of rotatable bonds is 4. The lowest BCUT2D eigenvalue weighted by Crippen LogP contribution is -2.29. The molecule has 3 aromatic rings. The minimum Gasteiger partial charge on any atom is -0.318 e. The maximum atomic E-state index is 12.4. The third-order valence-electron chi connectivity index (χ3n) is 5.05. The highest BCUT2D eigenvalue weighted by Crippen LogP contribution is 2.32. The molecule has 1 aliphatic heterocycles. The first kappa shape index (κ1) is 20.6. The number of carbonyl (C=O) groups is 3. The number of nitrogens with zero attached hydrogens (tertiary/aromatic N) is 1. The van der Waals surface area contributed by atoms with Gasteiger partial charge in [0.2, 0.25) is 5.91 Å². The Morgan fingerprint density at radius 2 is 1.48 bits per heavy atom. The van der Waals surface area contributed by atoms with E-state index in [9.17, 15) is 14.4 Å². The summed E-state index contributed by atoms with van der Waals surface area (Å²) in [4.78, 5) is 38.4. The second-order valence-electron chi connectivity index (χ2n) is 7.40. The number of hydrogen-bond acceptors (Lipinski definition) is 3. The van der Waals surface area contributed by atoms with E-state index in [1.165, 1.54) is 0 Å². The molecule has 0 atom stereocenters. The molecule has 0 radical (unpaired) electrons. The summed E-state index contributed by atoms with van der Waals surface area (Å²) in [5.74, 6) is -1.49. The van der Waals surface area contributed by atoms with E-state index in [2.05, 4.69) is 10.6 Å². The molecule has 0 aromatic heterocycles. The Morgan fingerprint density at radius 3 is 2.10 bits per heavy atom. The van der Waals surface area contributed by atoms with Crippen LogP contribution in [0.1, 0.15) is 16.7 Å². The maximum absolute atomic E-state index is 12.4. The molecule has 7 heteroatoms. The van der Waals surface area contributed by atoms with E-state index in [4.69, 9.17) is 11.6 Å². The number of nitrogens with one attached hydrogen (secondary N) is 2. The van der Waals surface area contributed by atoms with Crippen molar-refractivity contribution in [3.8, 4) is 0 Å². The first-order valence-corrected chi connectivity index (χ1v) is 10.1. The van der Waals surface area contributed by atoms with Gasteiger partial charge in [0.1, 0.15) is 0 Å². The summed E-state index contributed by atoms with van der Waals surface area (Å²) < 4.78 is 0. The van der Waals surface area contributed by atoms with Gasteiger partial charge in [0.25, 0.3) is 0 Å². The van der Waals surface area contributed by atoms with Crippen molar-refractivity contribution in [2.75, 3.05) is 15.5 Å². The second kappa shape index (κ2) is 8.62. The molecule has 0 bridgehead atoms. The smallest absolute Gasteiger partial charge is 0.314 e. The SMILES string of the molecule is Cc1ccc(NC(=O)C(=O)Nc2ccc(CN3C(=O)Cc4ccc(Cl)cc43)cc2)cc1. The van der Waals surface area contributed by atoms with E-state index >= 15 is 0 Å². The maximum Gasteiger partial charge on any atom is 0.314 e. The van der Waals surface area contributed by atoms with E-state index in [1.807, 2.05) is 37.3 Å². The van der Waals surface area contributed by atoms with Crippen LogP contribution >= 0.6 is 11.6 Å². The van der Waals surface area contributed by atoms with E-state index in [-0.39, 0.29) is 5.91 Å². The predicted octanol–water partition coefficient (Wildman–Crippen LogP) is 4.31. The summed E-state index contributed by atoms with van der Waals surface area (Å²) in [6.07, 6.45) is 0.358. The zero-order valence-corrected chi connectivity index (χ0v) is 17.6. The van der Waals surface area contributed by atoms with Gasteiger partial charge >= 0.3 is 11.8 Å². The fraction of sp³-hybridized carbons (Fsp3) is 0.125. The van der Waals surface area contributed by atoms with Gasteiger partial charge in [-0.15, -0.1) is 0 Å². The van der Waals surface area contributed by atoms with E-state index in [0.717, 1.165) is 22.4 Å². The summed E-state index contributed by atoms with van der Waals surface area (Å²) >= 11 is 6.08. The molecular formula is C24H20ClN3O3. The van der Waals surface area contributed by atoms with Crippen molar-refractivity contribution >= 4 is 46.4 Å². The molecule has 31 heavy (non-hydrogen) atoms. The van der Waals surface area contributed by atoms with Crippen molar-refractivity contribution in [1.29, 1.82) is 0 Å². The lowest BCUT2D eigenvalue weighted by atomic mass is 10.1. The van der Waals surface area contributed by atoms with Gasteiger partial charge in [-0.1, -0.05) is 47.5 Å². The van der Waals surface area contributed by atoms with Crippen LogP contribution in [0.4, 0.5) is 17.1 Å². The average molecular weight is 434 g/mol. The quantitative estimate of drug-likeness (QED) is 0.601. The van der Waals surface area contributed by atoms with Gasteiger partial charge in [0.15, 0.2) is 0 Å². The predicted molar refractivity (Wildman–Crippen MR) is 121 cm³/mol. The summed E-state index contributed by atoms with van der Waals surface area (Å²) in [6, 6.07) is 19.6. The van der Waals surface area contributed by atoms with Gasteiger partial charge in [-0.25, -0.2) is 0 Å². The van der Waals surface area contributed by atoms with Gasteiger partial charge in [0, 0.05) is 22.1 Å². The Balaban J connectivity index is 1.38. The minimum atomic E-state index is -0.758. The highest BCUT2D eigenvalue weighted by Gasteiger charge is 2.27.